The largest absolute Gasteiger partial charge is 0.508 e. The van der Waals surface area contributed by atoms with Crippen molar-refractivity contribution in [2.45, 2.75) is 0 Å². The first-order valence-electron chi connectivity index (χ1n) is 5.12. The lowest BCUT2D eigenvalue weighted by molar-refractivity contribution is 0.102. The van der Waals surface area contributed by atoms with Crippen LogP contribution < -0.4 is 5.32 Å². The van der Waals surface area contributed by atoms with Gasteiger partial charge in [-0.2, -0.15) is 0 Å². The van der Waals surface area contributed by atoms with Crippen molar-refractivity contribution in [1.82, 2.24) is 0 Å². The maximum absolute atomic E-state index is 13.2. The molecule has 18 heavy (non-hydrogen) atoms. The molecule has 1 amide bonds. The van der Waals surface area contributed by atoms with Crippen molar-refractivity contribution in [3.63, 3.8) is 0 Å². The van der Waals surface area contributed by atoms with E-state index in [4.69, 9.17) is 16.7 Å². The minimum Gasteiger partial charge on any atom is -0.508 e. The minimum absolute atomic E-state index is 0.0599. The van der Waals surface area contributed by atoms with Gasteiger partial charge in [0.05, 0.1) is 10.6 Å². The van der Waals surface area contributed by atoms with Crippen molar-refractivity contribution in [2.24, 2.45) is 0 Å². The van der Waals surface area contributed by atoms with Crippen molar-refractivity contribution in [3.8, 4) is 5.75 Å². The maximum Gasteiger partial charge on any atom is 0.257 e. The zero-order valence-electron chi connectivity index (χ0n) is 9.15. The molecule has 92 valence electrons. The Morgan fingerprint density at radius 3 is 2.50 bits per heavy atom. The number of carbonyl (C=O) groups is 1. The molecule has 0 atom stereocenters. The molecule has 0 spiro atoms. The number of phenols is 1. The topological polar surface area (TPSA) is 49.3 Å². The summed E-state index contributed by atoms with van der Waals surface area (Å²) >= 11 is 5.70. The molecule has 2 N–H and O–H groups in total. The zero-order valence-corrected chi connectivity index (χ0v) is 9.91. The van der Waals surface area contributed by atoms with Gasteiger partial charge in [-0.15, -0.1) is 0 Å². The van der Waals surface area contributed by atoms with Crippen molar-refractivity contribution in [1.29, 1.82) is 0 Å². The smallest absolute Gasteiger partial charge is 0.257 e. The molecule has 0 unspecified atom stereocenters. The second-order valence-corrected chi connectivity index (χ2v) is 3.98. The summed E-state index contributed by atoms with van der Waals surface area (Å²) in [6.45, 7) is 0. The van der Waals surface area contributed by atoms with Crippen LogP contribution in [0.25, 0.3) is 0 Å². The van der Waals surface area contributed by atoms with Crippen LogP contribution in [0.5, 0.6) is 5.75 Å². The summed E-state index contributed by atoms with van der Waals surface area (Å²) in [5.41, 5.74) is 0.544. The van der Waals surface area contributed by atoms with E-state index in [0.717, 1.165) is 0 Å². The van der Waals surface area contributed by atoms with E-state index in [2.05, 4.69) is 5.32 Å². The van der Waals surface area contributed by atoms with E-state index in [9.17, 15) is 9.18 Å². The molecule has 2 aromatic rings. The highest BCUT2D eigenvalue weighted by molar-refractivity contribution is 6.34. The highest BCUT2D eigenvalue weighted by Gasteiger charge is 2.13. The minimum atomic E-state index is -0.643. The van der Waals surface area contributed by atoms with Gasteiger partial charge in [0, 0.05) is 5.69 Å². The summed E-state index contributed by atoms with van der Waals surface area (Å²) in [5.74, 6) is -1.06. The molecule has 0 heterocycles. The number of phenolic OH excluding ortho intramolecular Hbond substituents is 1. The van der Waals surface area contributed by atoms with Crippen LogP contribution in [0.2, 0.25) is 5.02 Å². The third-order valence-corrected chi connectivity index (χ3v) is 2.71. The average Bonchev–Trinajstić information content (AvgIpc) is 2.35. The second-order valence-electron chi connectivity index (χ2n) is 3.60. The quantitative estimate of drug-likeness (QED) is 0.817. The van der Waals surface area contributed by atoms with Crippen LogP contribution in [0, 0.1) is 5.82 Å². The molecule has 0 aliphatic rings. The molecule has 5 heteroatoms. The number of amides is 1. The summed E-state index contributed by atoms with van der Waals surface area (Å²) in [6, 6.07) is 9.94. The number of anilines is 1. The molecule has 0 saturated carbocycles. The Kier molecular flexibility index (Phi) is 3.48. The van der Waals surface area contributed by atoms with Gasteiger partial charge in [0.25, 0.3) is 5.91 Å². The number of aromatic hydroxyl groups is 1. The van der Waals surface area contributed by atoms with Crippen LogP contribution in [0.4, 0.5) is 10.1 Å². The van der Waals surface area contributed by atoms with Gasteiger partial charge in [0.15, 0.2) is 0 Å². The van der Waals surface area contributed by atoms with Gasteiger partial charge in [-0.25, -0.2) is 4.39 Å². The predicted molar refractivity (Wildman–Crippen MR) is 67.5 cm³/mol. The standard InChI is InChI=1S/C13H9ClFNO2/c14-12-10(2-1-3-11(12)15)13(18)16-8-4-6-9(17)7-5-8/h1-7,17H,(H,16,18). The summed E-state index contributed by atoms with van der Waals surface area (Å²) < 4.78 is 13.2. The van der Waals surface area contributed by atoms with E-state index in [1.54, 1.807) is 0 Å². The summed E-state index contributed by atoms with van der Waals surface area (Å²) in [4.78, 5) is 11.8. The molecular formula is C13H9ClFNO2. The third-order valence-electron chi connectivity index (χ3n) is 2.32. The fraction of sp³-hybridized carbons (Fsp3) is 0. The van der Waals surface area contributed by atoms with Crippen molar-refractivity contribution in [2.75, 3.05) is 5.32 Å². The number of nitrogens with one attached hydrogen (secondary N) is 1. The van der Waals surface area contributed by atoms with Crippen LogP contribution >= 0.6 is 11.6 Å². The highest BCUT2D eigenvalue weighted by atomic mass is 35.5. The fourth-order valence-corrected chi connectivity index (χ4v) is 1.63. The highest BCUT2D eigenvalue weighted by Crippen LogP contribution is 2.21. The second kappa shape index (κ2) is 5.06. The molecule has 0 aliphatic carbocycles. The normalized spacial score (nSPS) is 10.1. The number of hydrogen-bond donors (Lipinski definition) is 2. The van der Waals surface area contributed by atoms with Gasteiger partial charge in [-0.1, -0.05) is 17.7 Å². The molecular weight excluding hydrogens is 257 g/mol. The maximum atomic E-state index is 13.2. The Bertz CT molecular complexity index is 584. The van der Waals surface area contributed by atoms with E-state index < -0.39 is 11.7 Å². The van der Waals surface area contributed by atoms with Crippen molar-refractivity contribution < 1.29 is 14.3 Å². The molecule has 2 aromatic carbocycles. The lowest BCUT2D eigenvalue weighted by atomic mass is 10.2. The van der Waals surface area contributed by atoms with Gasteiger partial charge < -0.3 is 10.4 Å². The van der Waals surface area contributed by atoms with E-state index >= 15 is 0 Å². The van der Waals surface area contributed by atoms with Crippen molar-refractivity contribution in [3.05, 3.63) is 58.9 Å². The Balaban J connectivity index is 2.22. The van der Waals surface area contributed by atoms with Gasteiger partial charge in [-0.05, 0) is 36.4 Å². The Morgan fingerprint density at radius 2 is 1.83 bits per heavy atom. The number of rotatable bonds is 2. The average molecular weight is 266 g/mol. The van der Waals surface area contributed by atoms with Crippen LogP contribution in [0.15, 0.2) is 42.5 Å². The first-order valence-corrected chi connectivity index (χ1v) is 5.50. The lowest BCUT2D eigenvalue weighted by Gasteiger charge is -2.07. The molecule has 3 nitrogen and oxygen atoms in total. The fourth-order valence-electron chi connectivity index (χ4n) is 1.42. The van der Waals surface area contributed by atoms with Crippen LogP contribution in [-0.4, -0.2) is 11.0 Å². The predicted octanol–water partition coefficient (Wildman–Crippen LogP) is 3.44. The first kappa shape index (κ1) is 12.4. The Labute approximate surface area is 108 Å². The molecule has 2 rings (SSSR count). The zero-order chi connectivity index (χ0) is 13.1. The van der Waals surface area contributed by atoms with E-state index in [0.29, 0.717) is 5.69 Å². The summed E-state index contributed by atoms with van der Waals surface area (Å²) in [6.07, 6.45) is 0. The Morgan fingerprint density at radius 1 is 1.17 bits per heavy atom. The third kappa shape index (κ3) is 2.60. The van der Waals surface area contributed by atoms with Crippen LogP contribution in [0.3, 0.4) is 0 Å². The summed E-state index contributed by atoms with van der Waals surface area (Å²) in [7, 11) is 0. The number of benzene rings is 2. The van der Waals surface area contributed by atoms with Gasteiger partial charge in [0.1, 0.15) is 11.6 Å². The molecule has 0 fully saturated rings. The van der Waals surface area contributed by atoms with Gasteiger partial charge in [0.2, 0.25) is 0 Å². The van der Waals surface area contributed by atoms with Gasteiger partial charge >= 0.3 is 0 Å². The number of carbonyl (C=O) groups excluding carboxylic acids is 1. The van der Waals surface area contributed by atoms with Crippen molar-refractivity contribution >= 4 is 23.2 Å². The summed E-state index contributed by atoms with van der Waals surface area (Å²) in [5, 5.41) is 11.4. The number of hydrogen-bond acceptors (Lipinski definition) is 2. The van der Waals surface area contributed by atoms with Crippen LogP contribution in [0.1, 0.15) is 10.4 Å². The van der Waals surface area contributed by atoms with E-state index in [1.165, 1.54) is 42.5 Å². The molecule has 0 aromatic heterocycles. The molecule has 0 saturated heterocycles. The first-order chi connectivity index (χ1) is 8.58. The molecule has 0 aliphatic heterocycles. The van der Waals surface area contributed by atoms with E-state index in [1.807, 2.05) is 0 Å². The molecule has 0 radical (unpaired) electrons. The van der Waals surface area contributed by atoms with Crippen LogP contribution in [-0.2, 0) is 0 Å². The lowest BCUT2D eigenvalue weighted by Crippen LogP contribution is -2.12. The number of halogens is 2. The monoisotopic (exact) mass is 265 g/mol. The SMILES string of the molecule is O=C(Nc1ccc(O)cc1)c1cccc(F)c1Cl. The molecule has 0 bridgehead atoms. The van der Waals surface area contributed by atoms with Gasteiger partial charge in [-0.3, -0.25) is 4.79 Å². The van der Waals surface area contributed by atoms with E-state index in [-0.39, 0.29) is 16.3 Å². The Hall–Kier alpha value is -2.07.